The Balaban J connectivity index is 2.26. The number of ether oxygens (including phenoxy) is 1. The highest BCUT2D eigenvalue weighted by molar-refractivity contribution is 4.90. The summed E-state index contributed by atoms with van der Waals surface area (Å²) in [7, 11) is 1.65. The van der Waals surface area contributed by atoms with E-state index < -0.39 is 18.1 Å². The highest BCUT2D eigenvalue weighted by atomic mass is 19.4. The summed E-state index contributed by atoms with van der Waals surface area (Å²) in [5.74, 6) is 0. The van der Waals surface area contributed by atoms with E-state index in [-0.39, 0.29) is 6.54 Å². The minimum atomic E-state index is -4.10. The lowest BCUT2D eigenvalue weighted by molar-refractivity contribution is -0.137. The first kappa shape index (κ1) is 12.7. The number of nitrogens with two attached hydrogens (primary N) is 1. The maximum Gasteiger partial charge on any atom is 0.390 e. The predicted molar refractivity (Wildman–Crippen MR) is 50.5 cm³/mol. The Kier molecular flexibility index (Phi) is 3.97. The van der Waals surface area contributed by atoms with Crippen molar-refractivity contribution in [1.82, 2.24) is 4.90 Å². The molecular weight excluding hydrogens is 209 g/mol. The van der Waals surface area contributed by atoms with E-state index in [1.54, 1.807) is 11.9 Å². The quantitative estimate of drug-likeness (QED) is 0.777. The van der Waals surface area contributed by atoms with Crippen molar-refractivity contribution in [3.05, 3.63) is 0 Å². The number of nitrogens with zero attached hydrogens (tertiary/aromatic N) is 1. The molecule has 90 valence electrons. The molecule has 0 spiro atoms. The zero-order valence-corrected chi connectivity index (χ0v) is 8.81. The van der Waals surface area contributed by atoms with Gasteiger partial charge in [0.15, 0.2) is 0 Å². The summed E-state index contributed by atoms with van der Waals surface area (Å²) in [6, 6.07) is 0. The van der Waals surface area contributed by atoms with Crippen LogP contribution in [-0.4, -0.2) is 50.0 Å². The van der Waals surface area contributed by atoms with E-state index in [2.05, 4.69) is 0 Å². The lowest BCUT2D eigenvalue weighted by Gasteiger charge is -2.28. The Labute approximate surface area is 87.4 Å². The van der Waals surface area contributed by atoms with Crippen molar-refractivity contribution in [1.29, 1.82) is 0 Å². The zero-order chi connectivity index (χ0) is 11.5. The lowest BCUT2D eigenvalue weighted by Crippen LogP contribution is -2.50. The monoisotopic (exact) mass is 226 g/mol. The summed E-state index contributed by atoms with van der Waals surface area (Å²) < 4.78 is 41.0. The number of alkyl halides is 3. The molecule has 0 aromatic heterocycles. The third kappa shape index (κ3) is 4.81. The summed E-state index contributed by atoms with van der Waals surface area (Å²) in [4.78, 5) is 1.61. The van der Waals surface area contributed by atoms with Gasteiger partial charge >= 0.3 is 6.18 Å². The van der Waals surface area contributed by atoms with Gasteiger partial charge in [-0.05, 0) is 13.5 Å². The summed E-state index contributed by atoms with van der Waals surface area (Å²) in [6.07, 6.45) is -4.17. The van der Waals surface area contributed by atoms with E-state index >= 15 is 0 Å². The normalized spacial score (nSPS) is 27.6. The summed E-state index contributed by atoms with van der Waals surface area (Å²) in [5.41, 5.74) is 5.48. The van der Waals surface area contributed by atoms with Crippen LogP contribution >= 0.6 is 0 Å². The number of halogens is 3. The Hall–Kier alpha value is -0.330. The fraction of sp³-hybridized carbons (Fsp3) is 1.00. The van der Waals surface area contributed by atoms with Crippen LogP contribution in [0, 0.1) is 0 Å². The highest BCUT2D eigenvalue weighted by Crippen LogP contribution is 2.21. The van der Waals surface area contributed by atoms with Gasteiger partial charge in [0.2, 0.25) is 0 Å². The SMILES string of the molecule is CN(CCC(F)(F)F)CC1(N)CCOC1. The molecule has 1 rings (SSSR count). The van der Waals surface area contributed by atoms with Crippen molar-refractivity contribution in [2.24, 2.45) is 5.73 Å². The standard InChI is InChI=1S/C9H17F3N2O/c1-14(4-2-9(10,11)12)6-8(13)3-5-15-7-8/h2-7,13H2,1H3. The minimum absolute atomic E-state index is 0.0115. The number of rotatable bonds is 4. The molecule has 0 saturated carbocycles. The predicted octanol–water partition coefficient (Wildman–Crippen LogP) is 0.988. The van der Waals surface area contributed by atoms with Crippen LogP contribution in [0.2, 0.25) is 0 Å². The fourth-order valence-corrected chi connectivity index (χ4v) is 1.68. The molecule has 2 N–H and O–H groups in total. The second-order valence-corrected chi connectivity index (χ2v) is 4.27. The Bertz CT molecular complexity index is 202. The van der Waals surface area contributed by atoms with Gasteiger partial charge in [-0.3, -0.25) is 0 Å². The van der Waals surface area contributed by atoms with Crippen LogP contribution in [0.4, 0.5) is 13.2 Å². The number of hydrogen-bond acceptors (Lipinski definition) is 3. The van der Waals surface area contributed by atoms with E-state index in [0.29, 0.717) is 26.2 Å². The van der Waals surface area contributed by atoms with E-state index in [4.69, 9.17) is 10.5 Å². The van der Waals surface area contributed by atoms with Crippen molar-refractivity contribution >= 4 is 0 Å². The largest absolute Gasteiger partial charge is 0.390 e. The maximum absolute atomic E-state index is 11.9. The van der Waals surface area contributed by atoms with E-state index in [1.165, 1.54) is 0 Å². The van der Waals surface area contributed by atoms with Crippen LogP contribution in [0.5, 0.6) is 0 Å². The molecular formula is C9H17F3N2O. The van der Waals surface area contributed by atoms with Gasteiger partial charge in [0, 0.05) is 19.7 Å². The van der Waals surface area contributed by atoms with Crippen LogP contribution in [0.15, 0.2) is 0 Å². The molecule has 3 nitrogen and oxygen atoms in total. The topological polar surface area (TPSA) is 38.5 Å². The number of likely N-dealkylation sites (N-methyl/N-ethyl adjacent to an activating group) is 1. The molecule has 1 fully saturated rings. The molecule has 1 saturated heterocycles. The van der Waals surface area contributed by atoms with Crippen molar-refractivity contribution in [3.63, 3.8) is 0 Å². The first-order chi connectivity index (χ1) is 6.81. The van der Waals surface area contributed by atoms with E-state index in [1.807, 2.05) is 0 Å². The summed E-state index contributed by atoms with van der Waals surface area (Å²) in [6.45, 7) is 1.47. The lowest BCUT2D eigenvalue weighted by atomic mass is 10.00. The molecule has 0 radical (unpaired) electrons. The first-order valence-corrected chi connectivity index (χ1v) is 4.93. The van der Waals surface area contributed by atoms with Gasteiger partial charge in [0.05, 0.1) is 18.6 Å². The molecule has 0 aromatic rings. The maximum atomic E-state index is 11.9. The molecule has 1 aliphatic heterocycles. The Morgan fingerprint density at radius 2 is 2.13 bits per heavy atom. The van der Waals surface area contributed by atoms with Crippen LogP contribution in [0.25, 0.3) is 0 Å². The molecule has 1 unspecified atom stereocenters. The minimum Gasteiger partial charge on any atom is -0.379 e. The first-order valence-electron chi connectivity index (χ1n) is 4.93. The van der Waals surface area contributed by atoms with Crippen LogP contribution in [0.1, 0.15) is 12.8 Å². The van der Waals surface area contributed by atoms with E-state index in [9.17, 15) is 13.2 Å². The van der Waals surface area contributed by atoms with Crippen LogP contribution in [0.3, 0.4) is 0 Å². The molecule has 6 heteroatoms. The highest BCUT2D eigenvalue weighted by Gasteiger charge is 2.33. The average molecular weight is 226 g/mol. The second-order valence-electron chi connectivity index (χ2n) is 4.27. The van der Waals surface area contributed by atoms with Gasteiger partial charge in [-0.15, -0.1) is 0 Å². The van der Waals surface area contributed by atoms with Crippen LogP contribution < -0.4 is 5.73 Å². The van der Waals surface area contributed by atoms with Crippen molar-refractivity contribution < 1.29 is 17.9 Å². The molecule has 1 heterocycles. The van der Waals surface area contributed by atoms with Gasteiger partial charge in [-0.2, -0.15) is 13.2 Å². The molecule has 1 atom stereocenters. The average Bonchev–Trinajstić information content (AvgIpc) is 2.47. The molecule has 1 aliphatic rings. The number of hydrogen-bond donors (Lipinski definition) is 1. The zero-order valence-electron chi connectivity index (χ0n) is 8.81. The van der Waals surface area contributed by atoms with Gasteiger partial charge in [-0.25, -0.2) is 0 Å². The van der Waals surface area contributed by atoms with Gasteiger partial charge in [0.25, 0.3) is 0 Å². The van der Waals surface area contributed by atoms with Gasteiger partial charge in [-0.1, -0.05) is 0 Å². The third-order valence-corrected chi connectivity index (χ3v) is 2.50. The van der Waals surface area contributed by atoms with Crippen molar-refractivity contribution in [3.8, 4) is 0 Å². The van der Waals surface area contributed by atoms with Crippen molar-refractivity contribution in [2.75, 3.05) is 33.4 Å². The van der Waals surface area contributed by atoms with E-state index in [0.717, 1.165) is 0 Å². The Morgan fingerprint density at radius 1 is 1.47 bits per heavy atom. The molecule has 0 aliphatic carbocycles. The molecule has 0 amide bonds. The molecule has 0 bridgehead atoms. The third-order valence-electron chi connectivity index (χ3n) is 2.50. The smallest absolute Gasteiger partial charge is 0.379 e. The van der Waals surface area contributed by atoms with Gasteiger partial charge in [0.1, 0.15) is 0 Å². The summed E-state index contributed by atoms with van der Waals surface area (Å²) >= 11 is 0. The molecule has 15 heavy (non-hydrogen) atoms. The molecule has 0 aromatic carbocycles. The van der Waals surface area contributed by atoms with Gasteiger partial charge < -0.3 is 15.4 Å². The fourth-order valence-electron chi connectivity index (χ4n) is 1.68. The summed E-state index contributed by atoms with van der Waals surface area (Å²) in [5, 5.41) is 0. The Morgan fingerprint density at radius 3 is 2.60 bits per heavy atom. The van der Waals surface area contributed by atoms with Crippen LogP contribution in [-0.2, 0) is 4.74 Å². The van der Waals surface area contributed by atoms with Crippen molar-refractivity contribution in [2.45, 2.75) is 24.6 Å². The second kappa shape index (κ2) is 4.67.